The number of alkyl halides is 3. The number of hydrogen-bond acceptors (Lipinski definition) is 6. The van der Waals surface area contributed by atoms with Gasteiger partial charge in [0.05, 0.1) is 6.07 Å². The summed E-state index contributed by atoms with van der Waals surface area (Å²) in [7, 11) is 1.73. The van der Waals surface area contributed by atoms with Crippen LogP contribution >= 0.6 is 0 Å². The summed E-state index contributed by atoms with van der Waals surface area (Å²) < 4.78 is 39.9. The molecule has 2 bridgehead atoms. The van der Waals surface area contributed by atoms with Crippen molar-refractivity contribution in [3.63, 3.8) is 0 Å². The second-order valence-corrected chi connectivity index (χ2v) is 11.9. The van der Waals surface area contributed by atoms with Gasteiger partial charge in [-0.3, -0.25) is 19.2 Å². The zero-order valence-electron chi connectivity index (χ0n) is 21.8. The number of nitrogens with one attached hydrogen (secondary N) is 3. The molecule has 38 heavy (non-hydrogen) atoms. The Hall–Kier alpha value is -2.88. The van der Waals surface area contributed by atoms with Crippen molar-refractivity contribution in [2.75, 3.05) is 26.7 Å². The molecule has 13 heteroatoms. The molecule has 0 spiro atoms. The van der Waals surface area contributed by atoms with Gasteiger partial charge in [-0.2, -0.15) is 18.4 Å². The lowest BCUT2D eigenvalue weighted by molar-refractivity contribution is -0.176. The molecule has 1 saturated carbocycles. The molecule has 4 fully saturated rings. The summed E-state index contributed by atoms with van der Waals surface area (Å²) in [6.07, 6.45) is -2.33. The molecule has 7 atom stereocenters. The van der Waals surface area contributed by atoms with E-state index in [1.54, 1.807) is 20.9 Å². The SMILES string of the molecule is CN1C[C@@H]2CC(C[C@@H](C#N)NC(=O)[C@@H]3[C@H]4CCC[C@H]4CN3C(=O)[C@@H](NC(=O)C(F)(F)F)C(C)(C)C1)C(=O)N2. The van der Waals surface area contributed by atoms with Crippen molar-refractivity contribution >= 4 is 23.6 Å². The number of rotatable bonds is 1. The van der Waals surface area contributed by atoms with Crippen LogP contribution in [0.1, 0.15) is 46.0 Å². The number of nitriles is 1. The third-order valence-corrected chi connectivity index (χ3v) is 8.49. The van der Waals surface area contributed by atoms with Gasteiger partial charge in [-0.15, -0.1) is 0 Å². The van der Waals surface area contributed by atoms with E-state index in [0.717, 1.165) is 12.8 Å². The fourth-order valence-electron chi connectivity index (χ4n) is 6.90. The molecule has 0 aromatic carbocycles. The molecule has 3 N–H and O–H groups in total. The summed E-state index contributed by atoms with van der Waals surface area (Å²) in [6.45, 7) is 3.90. The number of likely N-dealkylation sites (N-methyl/N-ethyl adjacent to an activating group) is 1. The minimum atomic E-state index is -5.19. The van der Waals surface area contributed by atoms with Gasteiger partial charge in [0, 0.05) is 37.0 Å². The number of nitrogens with zero attached hydrogens (tertiary/aromatic N) is 3. The number of halogens is 3. The second-order valence-electron chi connectivity index (χ2n) is 11.9. The largest absolute Gasteiger partial charge is 0.471 e. The maximum Gasteiger partial charge on any atom is 0.471 e. The minimum Gasteiger partial charge on any atom is -0.352 e. The van der Waals surface area contributed by atoms with Crippen LogP contribution in [0.4, 0.5) is 13.2 Å². The first-order valence-corrected chi connectivity index (χ1v) is 13.1. The van der Waals surface area contributed by atoms with Gasteiger partial charge in [-0.1, -0.05) is 20.3 Å². The van der Waals surface area contributed by atoms with E-state index >= 15 is 0 Å². The lowest BCUT2D eigenvalue weighted by Gasteiger charge is -2.40. The summed E-state index contributed by atoms with van der Waals surface area (Å²) in [4.78, 5) is 55.3. The highest BCUT2D eigenvalue weighted by molar-refractivity contribution is 5.94. The molecule has 0 aromatic rings. The lowest BCUT2D eigenvalue weighted by Crippen LogP contribution is -2.62. The number of carbonyl (C=O) groups is 4. The molecule has 3 heterocycles. The topological polar surface area (TPSA) is 135 Å². The molecule has 3 saturated heterocycles. The van der Waals surface area contributed by atoms with Crippen LogP contribution in [0.2, 0.25) is 0 Å². The lowest BCUT2D eigenvalue weighted by atomic mass is 9.82. The Labute approximate surface area is 219 Å². The highest BCUT2D eigenvalue weighted by Gasteiger charge is 2.54. The normalized spacial score (nSPS) is 36.3. The van der Waals surface area contributed by atoms with Crippen LogP contribution in [0.5, 0.6) is 0 Å². The van der Waals surface area contributed by atoms with Gasteiger partial charge in [-0.25, -0.2) is 0 Å². The molecule has 210 valence electrons. The van der Waals surface area contributed by atoms with Crippen molar-refractivity contribution < 1.29 is 32.3 Å². The van der Waals surface area contributed by atoms with E-state index in [2.05, 4.69) is 10.6 Å². The van der Waals surface area contributed by atoms with E-state index in [4.69, 9.17) is 0 Å². The zero-order chi connectivity index (χ0) is 28.0. The Morgan fingerprint density at radius 1 is 1.11 bits per heavy atom. The van der Waals surface area contributed by atoms with Crippen molar-refractivity contribution in [1.29, 1.82) is 5.26 Å². The monoisotopic (exact) mass is 540 g/mol. The van der Waals surface area contributed by atoms with Gasteiger partial charge in [0.2, 0.25) is 17.7 Å². The quantitative estimate of drug-likeness (QED) is 0.444. The highest BCUT2D eigenvalue weighted by Crippen LogP contribution is 2.43. The fraction of sp³-hybridized carbons (Fsp3) is 0.800. The third kappa shape index (κ3) is 5.60. The molecule has 3 aliphatic heterocycles. The third-order valence-electron chi connectivity index (χ3n) is 8.49. The molecular weight excluding hydrogens is 505 g/mol. The van der Waals surface area contributed by atoms with Gasteiger partial charge < -0.3 is 25.8 Å². The average molecular weight is 541 g/mol. The number of fused-ring (bicyclic) bond motifs is 5. The predicted octanol–water partition coefficient (Wildman–Crippen LogP) is 0.535. The zero-order valence-corrected chi connectivity index (χ0v) is 21.8. The molecule has 0 aromatic heterocycles. The Morgan fingerprint density at radius 3 is 2.47 bits per heavy atom. The predicted molar refractivity (Wildman–Crippen MR) is 128 cm³/mol. The van der Waals surface area contributed by atoms with Crippen molar-refractivity contribution in [1.82, 2.24) is 25.8 Å². The van der Waals surface area contributed by atoms with E-state index in [9.17, 15) is 37.6 Å². The Bertz CT molecular complexity index is 1030. The van der Waals surface area contributed by atoms with Crippen LogP contribution in [0.3, 0.4) is 0 Å². The summed E-state index contributed by atoms with van der Waals surface area (Å²) in [5.41, 5.74) is -1.16. The van der Waals surface area contributed by atoms with E-state index in [1.807, 2.05) is 16.3 Å². The molecule has 0 radical (unpaired) electrons. The molecule has 1 unspecified atom stereocenters. The van der Waals surface area contributed by atoms with Gasteiger partial charge in [0.1, 0.15) is 18.1 Å². The number of amides is 4. The van der Waals surface area contributed by atoms with Crippen molar-refractivity contribution in [3.05, 3.63) is 0 Å². The molecule has 10 nitrogen and oxygen atoms in total. The van der Waals surface area contributed by atoms with Crippen LogP contribution in [-0.2, 0) is 19.2 Å². The highest BCUT2D eigenvalue weighted by atomic mass is 19.4. The summed E-state index contributed by atoms with van der Waals surface area (Å²) in [5, 5.41) is 17.3. The maximum atomic E-state index is 14.0. The number of carbonyl (C=O) groups excluding carboxylic acids is 4. The first-order valence-electron chi connectivity index (χ1n) is 13.1. The van der Waals surface area contributed by atoms with E-state index in [1.165, 1.54) is 4.90 Å². The van der Waals surface area contributed by atoms with Crippen LogP contribution < -0.4 is 16.0 Å². The van der Waals surface area contributed by atoms with E-state index in [-0.39, 0.29) is 43.3 Å². The Morgan fingerprint density at radius 2 is 1.82 bits per heavy atom. The molecule has 1 aliphatic carbocycles. The van der Waals surface area contributed by atoms with Crippen LogP contribution in [0, 0.1) is 34.5 Å². The average Bonchev–Trinajstić information content (AvgIpc) is 3.48. The van der Waals surface area contributed by atoms with Crippen molar-refractivity contribution in [2.45, 2.75) is 76.3 Å². The first kappa shape index (κ1) is 28.1. The maximum absolute atomic E-state index is 14.0. The summed E-state index contributed by atoms with van der Waals surface area (Å²) in [6, 6.07) is -1.72. The standard InChI is InChI=1S/C25H35F3N6O4/c1-24(2)12-33(3)11-16-8-14(20(35)31-16)7-15(9-29)30-21(36)18-17-6-4-5-13(17)10-34(18)22(37)19(24)32-23(38)25(26,27)28/h13-19H,4-8,10-12H2,1-3H3,(H,30,36)(H,31,35)(H,32,38)/t13-,14?,15-,16-,17-,18-,19+/m0/s1. The van der Waals surface area contributed by atoms with Gasteiger partial charge in [-0.05, 0) is 44.6 Å². The van der Waals surface area contributed by atoms with Crippen LogP contribution in [-0.4, -0.2) is 90.5 Å². The van der Waals surface area contributed by atoms with Crippen molar-refractivity contribution in [3.8, 4) is 6.07 Å². The van der Waals surface area contributed by atoms with Gasteiger partial charge in [0.15, 0.2) is 0 Å². The van der Waals surface area contributed by atoms with E-state index in [0.29, 0.717) is 19.4 Å². The Balaban J connectivity index is 1.73. The number of hydrogen-bond donors (Lipinski definition) is 3. The second kappa shape index (κ2) is 10.4. The first-order chi connectivity index (χ1) is 17.7. The smallest absolute Gasteiger partial charge is 0.352 e. The van der Waals surface area contributed by atoms with Crippen LogP contribution in [0.15, 0.2) is 0 Å². The fourth-order valence-corrected chi connectivity index (χ4v) is 6.90. The molecule has 4 aliphatic rings. The van der Waals surface area contributed by atoms with Gasteiger partial charge in [0.25, 0.3) is 0 Å². The molecule has 4 rings (SSSR count). The molecule has 4 amide bonds. The molecular formula is C25H35F3N6O4. The van der Waals surface area contributed by atoms with E-state index < -0.39 is 53.4 Å². The minimum absolute atomic E-state index is 0.000223. The Kier molecular flexibility index (Phi) is 7.67. The van der Waals surface area contributed by atoms with Crippen molar-refractivity contribution in [2.24, 2.45) is 23.2 Å². The van der Waals surface area contributed by atoms with Gasteiger partial charge >= 0.3 is 12.1 Å². The van der Waals surface area contributed by atoms with Crippen LogP contribution in [0.25, 0.3) is 0 Å². The summed E-state index contributed by atoms with van der Waals surface area (Å²) in [5.74, 6) is -4.41. The summed E-state index contributed by atoms with van der Waals surface area (Å²) >= 11 is 0.